The first-order valence-corrected chi connectivity index (χ1v) is 11.7. The molecular weight excluding hydrogens is 436 g/mol. The molecule has 0 amide bonds. The van der Waals surface area contributed by atoms with Crippen LogP contribution in [0.2, 0.25) is 0 Å². The number of aromatic nitrogens is 1. The van der Waals surface area contributed by atoms with Crippen LogP contribution >= 0.6 is 11.3 Å². The molecule has 33 heavy (non-hydrogen) atoms. The Hall–Kier alpha value is -3.45. The molecule has 1 aliphatic rings. The van der Waals surface area contributed by atoms with Crippen LogP contribution < -0.4 is 19.6 Å². The monoisotopic (exact) mass is 462 g/mol. The molecule has 0 bridgehead atoms. The molecule has 0 unspecified atom stereocenters. The standard InChI is InChI=1S/C26H26N2O4S/c1-5-31-20-13-11-19(12-14-20)23-22(25(30)32-6-2)17(4)27-26-28(23)24(29)21(33-26)15-18-9-7-16(3)8-10-18/h7-15,23H,5-6H2,1-4H3/b21-15-/t23-/m0/s1. The van der Waals surface area contributed by atoms with E-state index >= 15 is 0 Å². The molecule has 0 N–H and O–H groups in total. The van der Waals surface area contributed by atoms with E-state index in [-0.39, 0.29) is 12.2 Å². The minimum absolute atomic E-state index is 0.187. The zero-order chi connectivity index (χ0) is 23.5. The van der Waals surface area contributed by atoms with Crippen LogP contribution in [-0.2, 0) is 9.53 Å². The molecule has 2 heterocycles. The zero-order valence-corrected chi connectivity index (χ0v) is 19.9. The van der Waals surface area contributed by atoms with Gasteiger partial charge in [0.2, 0.25) is 0 Å². The number of nitrogens with zero attached hydrogens (tertiary/aromatic N) is 2. The van der Waals surface area contributed by atoms with Gasteiger partial charge in [-0.1, -0.05) is 53.3 Å². The lowest BCUT2D eigenvalue weighted by molar-refractivity contribution is -0.139. The van der Waals surface area contributed by atoms with Crippen LogP contribution in [0, 0.1) is 6.92 Å². The number of hydrogen-bond acceptors (Lipinski definition) is 6. The van der Waals surface area contributed by atoms with E-state index in [0.29, 0.717) is 27.2 Å². The molecule has 7 heteroatoms. The number of rotatable bonds is 6. The van der Waals surface area contributed by atoms with Gasteiger partial charge in [-0.2, -0.15) is 0 Å². The smallest absolute Gasteiger partial charge is 0.338 e. The van der Waals surface area contributed by atoms with Gasteiger partial charge in [-0.3, -0.25) is 9.36 Å². The summed E-state index contributed by atoms with van der Waals surface area (Å²) >= 11 is 1.32. The molecular formula is C26H26N2O4S. The summed E-state index contributed by atoms with van der Waals surface area (Å²) in [6.45, 7) is 8.28. The summed E-state index contributed by atoms with van der Waals surface area (Å²) in [5, 5.41) is 0. The molecule has 0 radical (unpaired) electrons. The van der Waals surface area contributed by atoms with Gasteiger partial charge < -0.3 is 9.47 Å². The van der Waals surface area contributed by atoms with Crippen molar-refractivity contribution in [2.24, 2.45) is 4.99 Å². The van der Waals surface area contributed by atoms with Gasteiger partial charge in [-0.15, -0.1) is 0 Å². The number of benzene rings is 2. The third-order valence-corrected chi connectivity index (χ3v) is 6.38. The topological polar surface area (TPSA) is 69.9 Å². The van der Waals surface area contributed by atoms with E-state index in [1.807, 2.05) is 68.5 Å². The second kappa shape index (κ2) is 9.58. The fourth-order valence-corrected chi connectivity index (χ4v) is 4.88. The Morgan fingerprint density at radius 1 is 1.06 bits per heavy atom. The Labute approximate surface area is 196 Å². The van der Waals surface area contributed by atoms with Gasteiger partial charge >= 0.3 is 5.97 Å². The second-order valence-corrected chi connectivity index (χ2v) is 8.72. The lowest BCUT2D eigenvalue weighted by Gasteiger charge is -2.24. The molecule has 0 fully saturated rings. The molecule has 170 valence electrons. The molecule has 1 aromatic heterocycles. The van der Waals surface area contributed by atoms with Crippen molar-refractivity contribution in [3.63, 3.8) is 0 Å². The van der Waals surface area contributed by atoms with E-state index in [4.69, 9.17) is 9.47 Å². The molecule has 0 aliphatic carbocycles. The SMILES string of the molecule is CCOC(=O)C1=C(C)N=c2s/c(=C\c3ccc(C)cc3)c(=O)n2[C@H]1c1ccc(OCC)cc1. The van der Waals surface area contributed by atoms with E-state index < -0.39 is 12.0 Å². The Balaban J connectivity index is 1.90. The normalized spacial score (nSPS) is 15.8. The van der Waals surface area contributed by atoms with Crippen molar-refractivity contribution in [1.82, 2.24) is 4.57 Å². The molecule has 0 saturated heterocycles. The van der Waals surface area contributed by atoms with E-state index in [1.165, 1.54) is 11.3 Å². The fraction of sp³-hybridized carbons (Fsp3) is 0.269. The highest BCUT2D eigenvalue weighted by molar-refractivity contribution is 7.07. The summed E-state index contributed by atoms with van der Waals surface area (Å²) in [5.41, 5.74) is 3.61. The number of aryl methyl sites for hydroxylation is 1. The molecule has 1 aliphatic heterocycles. The largest absolute Gasteiger partial charge is 0.494 e. The molecule has 3 aromatic rings. The molecule has 0 spiro atoms. The number of thiazole rings is 1. The summed E-state index contributed by atoms with van der Waals surface area (Å²) in [7, 11) is 0. The summed E-state index contributed by atoms with van der Waals surface area (Å²) in [5.74, 6) is 0.261. The van der Waals surface area contributed by atoms with Gasteiger partial charge in [0.05, 0.1) is 35.1 Å². The Morgan fingerprint density at radius 2 is 1.76 bits per heavy atom. The zero-order valence-electron chi connectivity index (χ0n) is 19.1. The third-order valence-electron chi connectivity index (χ3n) is 5.40. The summed E-state index contributed by atoms with van der Waals surface area (Å²) in [6, 6.07) is 14.8. The molecule has 1 atom stereocenters. The lowest BCUT2D eigenvalue weighted by Crippen LogP contribution is -2.39. The van der Waals surface area contributed by atoms with Gasteiger partial charge in [-0.05, 0) is 57.0 Å². The first-order valence-electron chi connectivity index (χ1n) is 10.9. The number of carbonyl (C=O) groups is 1. The average Bonchev–Trinajstić information content (AvgIpc) is 3.10. The number of esters is 1. The van der Waals surface area contributed by atoms with E-state index in [9.17, 15) is 9.59 Å². The molecule has 2 aromatic carbocycles. The van der Waals surface area contributed by atoms with Gasteiger partial charge in [-0.25, -0.2) is 9.79 Å². The highest BCUT2D eigenvalue weighted by atomic mass is 32.1. The van der Waals surface area contributed by atoms with E-state index in [1.54, 1.807) is 18.4 Å². The number of ether oxygens (including phenoxy) is 2. The number of hydrogen-bond donors (Lipinski definition) is 0. The summed E-state index contributed by atoms with van der Waals surface area (Å²) < 4.78 is 13.1. The van der Waals surface area contributed by atoms with Crippen molar-refractivity contribution >= 4 is 23.4 Å². The van der Waals surface area contributed by atoms with Crippen LogP contribution in [0.3, 0.4) is 0 Å². The average molecular weight is 463 g/mol. The lowest BCUT2D eigenvalue weighted by atomic mass is 9.96. The summed E-state index contributed by atoms with van der Waals surface area (Å²) in [4.78, 5) is 31.6. The minimum Gasteiger partial charge on any atom is -0.494 e. The van der Waals surface area contributed by atoms with Crippen LogP contribution in [0.4, 0.5) is 0 Å². The van der Waals surface area contributed by atoms with Crippen LogP contribution in [0.15, 0.2) is 69.6 Å². The van der Waals surface area contributed by atoms with Gasteiger partial charge in [0, 0.05) is 0 Å². The van der Waals surface area contributed by atoms with Crippen molar-refractivity contribution in [1.29, 1.82) is 0 Å². The maximum absolute atomic E-state index is 13.6. The van der Waals surface area contributed by atoms with Gasteiger partial charge in [0.1, 0.15) is 5.75 Å². The van der Waals surface area contributed by atoms with Crippen molar-refractivity contribution < 1.29 is 14.3 Å². The fourth-order valence-electron chi connectivity index (χ4n) is 3.83. The minimum atomic E-state index is -0.629. The Morgan fingerprint density at radius 3 is 2.39 bits per heavy atom. The van der Waals surface area contributed by atoms with Crippen molar-refractivity contribution in [3.8, 4) is 5.75 Å². The predicted octanol–water partition coefficient (Wildman–Crippen LogP) is 3.51. The Kier molecular flexibility index (Phi) is 6.60. The highest BCUT2D eigenvalue weighted by Gasteiger charge is 2.33. The number of allylic oxidation sites excluding steroid dienone is 1. The van der Waals surface area contributed by atoms with Crippen molar-refractivity contribution in [3.05, 3.63) is 96.2 Å². The highest BCUT2D eigenvalue weighted by Crippen LogP contribution is 2.31. The maximum Gasteiger partial charge on any atom is 0.338 e. The Bertz CT molecular complexity index is 1380. The molecule has 6 nitrogen and oxygen atoms in total. The van der Waals surface area contributed by atoms with E-state index in [0.717, 1.165) is 22.4 Å². The van der Waals surface area contributed by atoms with Crippen LogP contribution in [-0.4, -0.2) is 23.8 Å². The van der Waals surface area contributed by atoms with Crippen LogP contribution in [0.5, 0.6) is 5.75 Å². The molecule has 0 saturated carbocycles. The van der Waals surface area contributed by atoms with Crippen LogP contribution in [0.25, 0.3) is 6.08 Å². The first kappa shape index (κ1) is 22.7. The van der Waals surface area contributed by atoms with Gasteiger partial charge in [0.25, 0.3) is 5.56 Å². The van der Waals surface area contributed by atoms with Crippen molar-refractivity contribution in [2.75, 3.05) is 13.2 Å². The number of fused-ring (bicyclic) bond motifs is 1. The first-order chi connectivity index (χ1) is 15.9. The second-order valence-electron chi connectivity index (χ2n) is 7.72. The summed E-state index contributed by atoms with van der Waals surface area (Å²) in [6.07, 6.45) is 1.86. The predicted molar refractivity (Wildman–Crippen MR) is 129 cm³/mol. The molecule has 4 rings (SSSR count). The third kappa shape index (κ3) is 4.54. The van der Waals surface area contributed by atoms with Gasteiger partial charge in [0.15, 0.2) is 4.80 Å². The quantitative estimate of drug-likeness (QED) is 0.526. The number of carbonyl (C=O) groups excluding carboxylic acids is 1. The van der Waals surface area contributed by atoms with Crippen LogP contribution in [0.1, 0.15) is 43.5 Å². The maximum atomic E-state index is 13.6. The van der Waals surface area contributed by atoms with Crippen molar-refractivity contribution in [2.45, 2.75) is 33.7 Å². The van der Waals surface area contributed by atoms with E-state index in [2.05, 4.69) is 4.99 Å².